The van der Waals surface area contributed by atoms with Crippen LogP contribution in [0.5, 0.6) is 0 Å². The number of carbonyl (C=O) groups excluding carboxylic acids is 1. The SMILES string of the molecule is CC(C)Cc1ncc(-c2ccnc(-c3[c-]c4ccccc4c(C(C)(C)C)c3)c2)c2ccsc12.CCC(C)(CC)C(=O)/C=C(\O)C(C)(CC)CC.[Ir]. The minimum absolute atomic E-state index is 0. The Morgan fingerprint density at radius 1 is 0.882 bits per heavy atom. The van der Waals surface area contributed by atoms with Crippen LogP contribution in [-0.2, 0) is 36.7 Å². The largest absolute Gasteiger partial charge is 0.512 e. The quantitative estimate of drug-likeness (QED) is 0.0815. The number of aliphatic hydroxyl groups is 1. The van der Waals surface area contributed by atoms with E-state index in [1.807, 2.05) is 53.9 Å². The number of nitrogens with zero attached hydrogens (tertiary/aromatic N) is 2. The Hall–Kier alpha value is -3.18. The van der Waals surface area contributed by atoms with E-state index in [1.165, 1.54) is 38.4 Å². The minimum atomic E-state index is -0.337. The number of benzene rings is 2. The summed E-state index contributed by atoms with van der Waals surface area (Å²) in [5, 5.41) is 16.0. The summed E-state index contributed by atoms with van der Waals surface area (Å²) >= 11 is 1.79. The van der Waals surface area contributed by atoms with Crippen LogP contribution in [0.25, 0.3) is 43.2 Å². The molecule has 275 valence electrons. The van der Waals surface area contributed by atoms with Crippen LogP contribution in [0.2, 0.25) is 0 Å². The summed E-state index contributed by atoms with van der Waals surface area (Å²) in [4.78, 5) is 21.8. The van der Waals surface area contributed by atoms with Crippen molar-refractivity contribution in [2.45, 2.75) is 114 Å². The van der Waals surface area contributed by atoms with Crippen LogP contribution >= 0.6 is 11.3 Å². The van der Waals surface area contributed by atoms with E-state index in [0.717, 1.165) is 54.3 Å². The molecule has 4 nitrogen and oxygen atoms in total. The van der Waals surface area contributed by atoms with E-state index in [-0.39, 0.29) is 47.9 Å². The zero-order valence-corrected chi connectivity index (χ0v) is 35.7. The van der Waals surface area contributed by atoms with Gasteiger partial charge >= 0.3 is 0 Å². The topological polar surface area (TPSA) is 63.1 Å². The van der Waals surface area contributed by atoms with Gasteiger partial charge in [0, 0.05) is 66.0 Å². The number of carbonyl (C=O) groups is 1. The van der Waals surface area contributed by atoms with Gasteiger partial charge in [-0.15, -0.1) is 40.5 Å². The summed E-state index contributed by atoms with van der Waals surface area (Å²) in [6.45, 7) is 23.4. The molecule has 0 unspecified atom stereocenters. The van der Waals surface area contributed by atoms with Crippen molar-refractivity contribution in [3.8, 4) is 22.4 Å². The van der Waals surface area contributed by atoms with Gasteiger partial charge < -0.3 is 5.11 Å². The molecule has 2 aromatic carbocycles. The Kier molecular flexibility index (Phi) is 14.5. The number of aromatic nitrogens is 2. The molecule has 3 heterocycles. The predicted molar refractivity (Wildman–Crippen MR) is 215 cm³/mol. The molecular formula is C45H57IrN2O2S-. The molecule has 0 fully saturated rings. The molecule has 1 N–H and O–H groups in total. The standard InChI is InChI=1S/C30H29N2S.C15H28O2.Ir/c1-19(2)14-28-29-24(11-13-33-29)25(18-32-28)21-10-12-31-27(17-21)22-15-20-8-6-7-9-23(20)26(16-22)30(3,4)5;1-7-14(5,8-2)12(16)11-13(17)15(6,9-3)10-4;/h6-13,16-19H,14H2,1-5H3;11,16H,7-10H2,1-6H3;/q-1;;/b;12-11-;. The molecule has 0 bridgehead atoms. The third kappa shape index (κ3) is 9.63. The number of thiophene rings is 1. The van der Waals surface area contributed by atoms with E-state index in [0.29, 0.717) is 5.92 Å². The number of rotatable bonds is 11. The van der Waals surface area contributed by atoms with E-state index in [1.54, 1.807) is 11.3 Å². The van der Waals surface area contributed by atoms with Gasteiger partial charge in [-0.3, -0.25) is 14.8 Å². The first-order valence-electron chi connectivity index (χ1n) is 18.3. The third-order valence-electron chi connectivity index (χ3n) is 10.7. The van der Waals surface area contributed by atoms with Crippen molar-refractivity contribution in [3.63, 3.8) is 0 Å². The van der Waals surface area contributed by atoms with Crippen LogP contribution in [0.4, 0.5) is 0 Å². The summed E-state index contributed by atoms with van der Waals surface area (Å²) in [7, 11) is 0. The molecule has 5 aromatic rings. The number of pyridine rings is 2. The summed E-state index contributed by atoms with van der Waals surface area (Å²) in [5.41, 5.74) is 6.23. The average molecular weight is 882 g/mol. The average Bonchev–Trinajstić information content (AvgIpc) is 3.61. The molecule has 3 aromatic heterocycles. The first-order valence-corrected chi connectivity index (χ1v) is 19.2. The summed E-state index contributed by atoms with van der Waals surface area (Å²) in [6.07, 6.45) is 9.70. The monoisotopic (exact) mass is 882 g/mol. The van der Waals surface area contributed by atoms with Crippen molar-refractivity contribution < 1.29 is 30.0 Å². The van der Waals surface area contributed by atoms with E-state index in [9.17, 15) is 9.90 Å². The van der Waals surface area contributed by atoms with E-state index < -0.39 is 0 Å². The van der Waals surface area contributed by atoms with Gasteiger partial charge in [-0.2, -0.15) is 0 Å². The number of allylic oxidation sites excluding steroid dienone is 2. The van der Waals surface area contributed by atoms with Gasteiger partial charge in [-0.25, -0.2) is 0 Å². The van der Waals surface area contributed by atoms with Gasteiger partial charge in [0.1, 0.15) is 5.76 Å². The number of hydrogen-bond acceptors (Lipinski definition) is 5. The van der Waals surface area contributed by atoms with Gasteiger partial charge in [0.05, 0.1) is 10.4 Å². The second-order valence-electron chi connectivity index (χ2n) is 15.6. The third-order valence-corrected chi connectivity index (χ3v) is 11.7. The maximum absolute atomic E-state index is 12.2. The predicted octanol–water partition coefficient (Wildman–Crippen LogP) is 13.1. The second kappa shape index (κ2) is 17.6. The van der Waals surface area contributed by atoms with E-state index in [4.69, 9.17) is 9.97 Å². The van der Waals surface area contributed by atoms with Gasteiger partial charge in [-0.1, -0.05) is 111 Å². The van der Waals surface area contributed by atoms with Crippen LogP contribution in [0.1, 0.15) is 113 Å². The number of hydrogen-bond donors (Lipinski definition) is 1. The van der Waals surface area contributed by atoms with Crippen LogP contribution in [0.15, 0.2) is 78.1 Å². The van der Waals surface area contributed by atoms with Crippen molar-refractivity contribution in [2.24, 2.45) is 16.7 Å². The molecule has 6 heteroatoms. The van der Waals surface area contributed by atoms with Crippen molar-refractivity contribution in [1.29, 1.82) is 0 Å². The zero-order chi connectivity index (χ0) is 36.9. The fourth-order valence-electron chi connectivity index (χ4n) is 6.20. The van der Waals surface area contributed by atoms with Crippen LogP contribution in [-0.4, -0.2) is 20.9 Å². The van der Waals surface area contributed by atoms with Crippen LogP contribution in [0, 0.1) is 22.8 Å². The molecule has 5 rings (SSSR count). The maximum atomic E-state index is 12.2. The Bertz CT molecular complexity index is 1960. The van der Waals surface area contributed by atoms with Crippen LogP contribution < -0.4 is 0 Å². The van der Waals surface area contributed by atoms with Gasteiger partial charge in [-0.05, 0) is 66.5 Å². The summed E-state index contributed by atoms with van der Waals surface area (Å²) in [5.74, 6) is 0.871. The minimum Gasteiger partial charge on any atom is -0.512 e. The molecule has 0 aliphatic heterocycles. The van der Waals surface area contributed by atoms with Gasteiger partial charge in [0.25, 0.3) is 0 Å². The molecule has 0 aliphatic carbocycles. The molecule has 0 saturated heterocycles. The Balaban J connectivity index is 0.000000335. The molecule has 1 radical (unpaired) electrons. The zero-order valence-electron chi connectivity index (χ0n) is 32.5. The molecular weight excluding hydrogens is 825 g/mol. The fraction of sp³-hybridized carbons (Fsp3) is 0.444. The number of ketones is 1. The smallest absolute Gasteiger partial charge is 0.164 e. The molecule has 0 amide bonds. The molecule has 0 spiro atoms. The second-order valence-corrected chi connectivity index (χ2v) is 16.5. The Labute approximate surface area is 324 Å². The van der Waals surface area contributed by atoms with Gasteiger partial charge in [0.2, 0.25) is 0 Å². The van der Waals surface area contributed by atoms with E-state index in [2.05, 4.69) is 94.6 Å². The van der Waals surface area contributed by atoms with Gasteiger partial charge in [0.15, 0.2) is 5.78 Å². The normalized spacial score (nSPS) is 12.5. The summed E-state index contributed by atoms with van der Waals surface area (Å²) in [6, 6.07) is 20.9. The first kappa shape index (κ1) is 42.2. The van der Waals surface area contributed by atoms with Crippen molar-refractivity contribution >= 4 is 38.0 Å². The summed E-state index contributed by atoms with van der Waals surface area (Å²) < 4.78 is 1.30. The molecule has 0 saturated carbocycles. The number of aliphatic hydroxyl groups excluding tert-OH is 1. The van der Waals surface area contributed by atoms with E-state index >= 15 is 0 Å². The van der Waals surface area contributed by atoms with Crippen molar-refractivity contribution in [1.82, 2.24) is 9.97 Å². The number of fused-ring (bicyclic) bond motifs is 2. The fourth-order valence-corrected chi connectivity index (χ4v) is 7.11. The molecule has 0 aliphatic rings. The van der Waals surface area contributed by atoms with Crippen LogP contribution in [0.3, 0.4) is 0 Å². The molecule has 0 atom stereocenters. The van der Waals surface area contributed by atoms with Crippen molar-refractivity contribution in [2.75, 3.05) is 0 Å². The molecule has 51 heavy (non-hydrogen) atoms. The maximum Gasteiger partial charge on any atom is 0.164 e. The Morgan fingerprint density at radius 3 is 2.14 bits per heavy atom. The van der Waals surface area contributed by atoms with Crippen molar-refractivity contribution in [3.05, 3.63) is 95.5 Å². The first-order chi connectivity index (χ1) is 23.6. The Morgan fingerprint density at radius 2 is 1.53 bits per heavy atom.